The van der Waals surface area contributed by atoms with Gasteiger partial charge in [0.25, 0.3) is 0 Å². The molecule has 1 unspecified atom stereocenters. The summed E-state index contributed by atoms with van der Waals surface area (Å²) in [6, 6.07) is 0.425. The highest BCUT2D eigenvalue weighted by Gasteiger charge is 2.44. The van der Waals surface area contributed by atoms with Crippen molar-refractivity contribution in [1.82, 2.24) is 9.80 Å². The number of nitrogens with zero attached hydrogens (tertiary/aromatic N) is 2. The van der Waals surface area contributed by atoms with Gasteiger partial charge in [-0.05, 0) is 32.6 Å². The summed E-state index contributed by atoms with van der Waals surface area (Å²) < 4.78 is 5.40. The monoisotopic (exact) mass is 255 g/mol. The van der Waals surface area contributed by atoms with Gasteiger partial charge in [0.1, 0.15) is 0 Å². The zero-order valence-electron chi connectivity index (χ0n) is 11.7. The van der Waals surface area contributed by atoms with Gasteiger partial charge >= 0.3 is 6.03 Å². The molecule has 0 aromatic heterocycles. The Labute approximate surface area is 109 Å². The molecule has 0 saturated carbocycles. The maximum Gasteiger partial charge on any atom is 0.320 e. The van der Waals surface area contributed by atoms with E-state index in [0.29, 0.717) is 18.5 Å². The van der Waals surface area contributed by atoms with E-state index in [0.717, 1.165) is 32.6 Å². The summed E-state index contributed by atoms with van der Waals surface area (Å²) in [4.78, 5) is 16.1. The van der Waals surface area contributed by atoms with Crippen molar-refractivity contribution in [3.8, 4) is 0 Å². The third-order valence-electron chi connectivity index (χ3n) is 4.44. The Balaban J connectivity index is 2.09. The lowest BCUT2D eigenvalue weighted by molar-refractivity contribution is 0.0445. The summed E-state index contributed by atoms with van der Waals surface area (Å²) >= 11 is 0. The average molecular weight is 255 g/mol. The topological polar surface area (TPSA) is 58.8 Å². The lowest BCUT2D eigenvalue weighted by Gasteiger charge is -2.34. The molecule has 0 spiro atoms. The van der Waals surface area contributed by atoms with Crippen molar-refractivity contribution < 1.29 is 9.53 Å². The van der Waals surface area contributed by atoms with Crippen LogP contribution in [0.5, 0.6) is 0 Å². The van der Waals surface area contributed by atoms with E-state index in [1.54, 1.807) is 0 Å². The minimum Gasteiger partial charge on any atom is -0.381 e. The van der Waals surface area contributed by atoms with Gasteiger partial charge in [-0.2, -0.15) is 0 Å². The molecule has 104 valence electrons. The molecule has 2 amide bonds. The van der Waals surface area contributed by atoms with Gasteiger partial charge in [-0.25, -0.2) is 4.79 Å². The number of carbonyl (C=O) groups is 1. The maximum atomic E-state index is 12.3. The lowest BCUT2D eigenvalue weighted by atomic mass is 9.91. The molecule has 2 saturated heterocycles. The molecule has 0 bridgehead atoms. The van der Waals surface area contributed by atoms with Gasteiger partial charge in [-0.1, -0.05) is 0 Å². The number of amides is 2. The van der Waals surface area contributed by atoms with Crippen LogP contribution in [0.15, 0.2) is 0 Å². The second-order valence-corrected chi connectivity index (χ2v) is 6.04. The van der Waals surface area contributed by atoms with Crippen LogP contribution in [0.1, 0.15) is 26.7 Å². The largest absolute Gasteiger partial charge is 0.381 e. The molecule has 0 aliphatic carbocycles. The Morgan fingerprint density at radius 2 is 2.00 bits per heavy atom. The molecule has 2 rings (SSSR count). The fourth-order valence-electron chi connectivity index (χ4n) is 2.90. The predicted octanol–water partition coefficient (Wildman–Crippen LogP) is 0.886. The molecule has 2 aliphatic rings. The van der Waals surface area contributed by atoms with Crippen LogP contribution in [-0.4, -0.2) is 60.8 Å². The second-order valence-electron chi connectivity index (χ2n) is 6.04. The van der Waals surface area contributed by atoms with Gasteiger partial charge in [0.05, 0.1) is 11.6 Å². The number of likely N-dealkylation sites (N-methyl/N-ethyl adjacent to an activating group) is 1. The van der Waals surface area contributed by atoms with Crippen LogP contribution < -0.4 is 5.73 Å². The molecular weight excluding hydrogens is 230 g/mol. The molecule has 2 aliphatic heterocycles. The van der Waals surface area contributed by atoms with Crippen molar-refractivity contribution in [1.29, 1.82) is 0 Å². The smallest absolute Gasteiger partial charge is 0.320 e. The summed E-state index contributed by atoms with van der Waals surface area (Å²) in [6.45, 7) is 7.00. The number of hydrogen-bond donors (Lipinski definition) is 1. The van der Waals surface area contributed by atoms with Crippen LogP contribution in [0.3, 0.4) is 0 Å². The molecule has 1 atom stereocenters. The van der Waals surface area contributed by atoms with Crippen molar-refractivity contribution in [2.75, 3.05) is 33.4 Å². The van der Waals surface area contributed by atoms with E-state index in [1.165, 1.54) is 0 Å². The molecule has 0 aromatic carbocycles. The van der Waals surface area contributed by atoms with E-state index in [1.807, 2.05) is 30.7 Å². The number of carbonyl (C=O) groups excluding carboxylic acids is 1. The SMILES string of the molecule is CN1C(=O)N(C(C)(C)CN)CC1C1CCOCC1. The standard InChI is InChI=1S/C13H25N3O2/c1-13(2,9-14)16-8-11(15(3)12(16)17)10-4-6-18-7-5-10/h10-11H,4-9,14H2,1-3H3. The zero-order chi connectivity index (χ0) is 13.3. The van der Waals surface area contributed by atoms with Crippen LogP contribution in [0.2, 0.25) is 0 Å². The fraction of sp³-hybridized carbons (Fsp3) is 0.923. The Bertz CT molecular complexity index is 313. The number of urea groups is 1. The van der Waals surface area contributed by atoms with E-state index in [9.17, 15) is 4.79 Å². The highest BCUT2D eigenvalue weighted by molar-refractivity contribution is 5.77. The van der Waals surface area contributed by atoms with Gasteiger partial charge < -0.3 is 20.3 Å². The Morgan fingerprint density at radius 3 is 2.56 bits per heavy atom. The minimum atomic E-state index is -0.259. The van der Waals surface area contributed by atoms with E-state index in [4.69, 9.17) is 10.5 Å². The quantitative estimate of drug-likeness (QED) is 0.814. The van der Waals surface area contributed by atoms with Crippen molar-refractivity contribution in [2.24, 2.45) is 11.7 Å². The van der Waals surface area contributed by atoms with Crippen molar-refractivity contribution in [3.05, 3.63) is 0 Å². The molecule has 5 heteroatoms. The summed E-state index contributed by atoms with van der Waals surface area (Å²) in [5.41, 5.74) is 5.53. The first-order chi connectivity index (χ1) is 8.47. The summed E-state index contributed by atoms with van der Waals surface area (Å²) in [5, 5.41) is 0. The first-order valence-electron chi connectivity index (χ1n) is 6.79. The van der Waals surface area contributed by atoms with Crippen LogP contribution in [0.25, 0.3) is 0 Å². The van der Waals surface area contributed by atoms with Crippen LogP contribution in [0.4, 0.5) is 4.79 Å². The summed E-state index contributed by atoms with van der Waals surface area (Å²) in [6.07, 6.45) is 2.11. The molecule has 5 nitrogen and oxygen atoms in total. The van der Waals surface area contributed by atoms with E-state index in [2.05, 4.69) is 0 Å². The third kappa shape index (κ3) is 2.34. The Kier molecular flexibility index (Phi) is 3.82. The van der Waals surface area contributed by atoms with Gasteiger partial charge in [0, 0.05) is 33.4 Å². The highest BCUT2D eigenvalue weighted by atomic mass is 16.5. The average Bonchev–Trinajstić information content (AvgIpc) is 2.68. The molecule has 2 heterocycles. The van der Waals surface area contributed by atoms with Crippen molar-refractivity contribution in [2.45, 2.75) is 38.3 Å². The third-order valence-corrected chi connectivity index (χ3v) is 4.44. The molecule has 2 fully saturated rings. The predicted molar refractivity (Wildman–Crippen MR) is 70.3 cm³/mol. The number of hydrogen-bond acceptors (Lipinski definition) is 3. The van der Waals surface area contributed by atoms with E-state index < -0.39 is 0 Å². The Hall–Kier alpha value is -0.810. The summed E-state index contributed by atoms with van der Waals surface area (Å²) in [7, 11) is 1.91. The van der Waals surface area contributed by atoms with Gasteiger partial charge in [0.2, 0.25) is 0 Å². The van der Waals surface area contributed by atoms with Gasteiger partial charge in [0.15, 0.2) is 0 Å². The molecule has 2 N–H and O–H groups in total. The van der Waals surface area contributed by atoms with Crippen LogP contribution in [0, 0.1) is 5.92 Å². The van der Waals surface area contributed by atoms with E-state index in [-0.39, 0.29) is 11.6 Å². The molecule has 18 heavy (non-hydrogen) atoms. The first-order valence-corrected chi connectivity index (χ1v) is 6.79. The molecule has 0 radical (unpaired) electrons. The molecule has 0 aromatic rings. The highest BCUT2D eigenvalue weighted by Crippen LogP contribution is 2.31. The Morgan fingerprint density at radius 1 is 1.39 bits per heavy atom. The maximum absolute atomic E-state index is 12.3. The summed E-state index contributed by atoms with van der Waals surface area (Å²) in [5.74, 6) is 0.561. The molecular formula is C13H25N3O2. The van der Waals surface area contributed by atoms with Crippen molar-refractivity contribution >= 4 is 6.03 Å². The van der Waals surface area contributed by atoms with Crippen LogP contribution >= 0.6 is 0 Å². The first kappa shape index (κ1) is 13.6. The lowest BCUT2D eigenvalue weighted by Crippen LogP contribution is -2.50. The van der Waals surface area contributed by atoms with Gasteiger partial charge in [-0.3, -0.25) is 0 Å². The number of ether oxygens (including phenoxy) is 1. The minimum absolute atomic E-state index is 0.113. The number of rotatable bonds is 3. The van der Waals surface area contributed by atoms with Gasteiger partial charge in [-0.15, -0.1) is 0 Å². The van der Waals surface area contributed by atoms with Crippen molar-refractivity contribution in [3.63, 3.8) is 0 Å². The van der Waals surface area contributed by atoms with E-state index >= 15 is 0 Å². The van der Waals surface area contributed by atoms with Crippen LogP contribution in [-0.2, 0) is 4.74 Å². The normalized spacial score (nSPS) is 27.1. The zero-order valence-corrected chi connectivity index (χ0v) is 11.7. The fourth-order valence-corrected chi connectivity index (χ4v) is 2.90. The number of nitrogens with two attached hydrogens (primary N) is 1. The second kappa shape index (κ2) is 5.05.